The Balaban J connectivity index is 2.18. The maximum Gasteiger partial charge on any atom is 0.119 e. The van der Waals surface area contributed by atoms with Gasteiger partial charge in [-0.25, -0.2) is 0 Å². The number of ether oxygens (including phenoxy) is 1. The maximum absolute atomic E-state index is 9.17. The average Bonchev–Trinajstić information content (AvgIpc) is 2.67. The van der Waals surface area contributed by atoms with E-state index in [0.29, 0.717) is 6.42 Å². The fourth-order valence-electron chi connectivity index (χ4n) is 2.71. The third-order valence-corrected chi connectivity index (χ3v) is 4.61. The molecular formula is C22H37NO3. The van der Waals surface area contributed by atoms with Crippen LogP contribution in [0.3, 0.4) is 0 Å². The fraction of sp³-hybridized carbons (Fsp3) is 0.636. The van der Waals surface area contributed by atoms with Crippen LogP contribution in [0.4, 0.5) is 0 Å². The van der Waals surface area contributed by atoms with Crippen molar-refractivity contribution in [2.75, 3.05) is 19.8 Å². The summed E-state index contributed by atoms with van der Waals surface area (Å²) in [5.74, 6) is 0.893. The zero-order valence-corrected chi connectivity index (χ0v) is 16.3. The molecule has 0 radical (unpaired) electrons. The molecular weight excluding hydrogens is 326 g/mol. The van der Waals surface area contributed by atoms with Crippen LogP contribution in [0, 0.1) is 0 Å². The average molecular weight is 364 g/mol. The lowest BCUT2D eigenvalue weighted by atomic mass is 9.98. The van der Waals surface area contributed by atoms with E-state index in [9.17, 15) is 0 Å². The molecule has 0 spiro atoms. The Morgan fingerprint density at radius 1 is 0.923 bits per heavy atom. The lowest BCUT2D eigenvalue weighted by molar-refractivity contribution is 0.123. The smallest absolute Gasteiger partial charge is 0.119 e. The summed E-state index contributed by atoms with van der Waals surface area (Å²) < 4.78 is 5.79. The number of aliphatic hydroxyl groups is 2. The number of benzene rings is 1. The molecule has 0 aromatic heterocycles. The van der Waals surface area contributed by atoms with Gasteiger partial charge in [0.1, 0.15) is 5.75 Å². The minimum Gasteiger partial charge on any atom is -0.494 e. The Labute approximate surface area is 159 Å². The zero-order valence-electron chi connectivity index (χ0n) is 16.3. The van der Waals surface area contributed by atoms with Gasteiger partial charge in [-0.3, -0.25) is 0 Å². The highest BCUT2D eigenvalue weighted by Gasteiger charge is 2.20. The van der Waals surface area contributed by atoms with Crippen LogP contribution < -0.4 is 10.5 Å². The highest BCUT2D eigenvalue weighted by Crippen LogP contribution is 2.15. The quantitative estimate of drug-likeness (QED) is 0.406. The molecule has 0 saturated heterocycles. The van der Waals surface area contributed by atoms with Gasteiger partial charge in [-0.05, 0) is 30.5 Å². The van der Waals surface area contributed by atoms with Crippen molar-refractivity contribution in [2.45, 2.75) is 70.3 Å². The number of unbranched alkanes of at least 4 members (excludes halogenated alkanes) is 7. The van der Waals surface area contributed by atoms with Crippen molar-refractivity contribution in [2.24, 2.45) is 5.73 Å². The van der Waals surface area contributed by atoms with E-state index in [4.69, 9.17) is 20.7 Å². The molecule has 26 heavy (non-hydrogen) atoms. The number of hydrogen-bond acceptors (Lipinski definition) is 4. The van der Waals surface area contributed by atoms with Gasteiger partial charge in [0.05, 0.1) is 25.4 Å². The first-order chi connectivity index (χ1) is 12.6. The Hall–Kier alpha value is -1.36. The van der Waals surface area contributed by atoms with Crippen LogP contribution in [0.5, 0.6) is 5.75 Å². The van der Waals surface area contributed by atoms with Crippen LogP contribution in [-0.2, 0) is 0 Å². The molecule has 0 heterocycles. The summed E-state index contributed by atoms with van der Waals surface area (Å²) in [5.41, 5.74) is 5.93. The summed E-state index contributed by atoms with van der Waals surface area (Å²) in [6, 6.07) is 7.93. The highest BCUT2D eigenvalue weighted by molar-refractivity contribution is 5.50. The molecule has 0 aliphatic heterocycles. The Bertz CT molecular complexity index is 481. The SMILES string of the molecule is CCCCCCCCCCOc1ccc(C=CCC(N)(CO)CO)cc1. The van der Waals surface area contributed by atoms with Gasteiger partial charge in [0.25, 0.3) is 0 Å². The third-order valence-electron chi connectivity index (χ3n) is 4.61. The molecule has 0 amide bonds. The van der Waals surface area contributed by atoms with Crippen molar-refractivity contribution in [3.8, 4) is 5.75 Å². The van der Waals surface area contributed by atoms with E-state index in [1.165, 1.54) is 44.9 Å². The van der Waals surface area contributed by atoms with E-state index in [2.05, 4.69) is 6.92 Å². The summed E-state index contributed by atoms with van der Waals surface area (Å²) in [6.07, 6.45) is 14.7. The predicted molar refractivity (Wildman–Crippen MR) is 109 cm³/mol. The lowest BCUT2D eigenvalue weighted by Gasteiger charge is -2.22. The van der Waals surface area contributed by atoms with Crippen LogP contribution in [0.25, 0.3) is 6.08 Å². The van der Waals surface area contributed by atoms with Gasteiger partial charge in [-0.15, -0.1) is 0 Å². The van der Waals surface area contributed by atoms with Crippen molar-refractivity contribution in [1.82, 2.24) is 0 Å². The molecule has 4 nitrogen and oxygen atoms in total. The molecule has 0 fully saturated rings. The molecule has 1 aromatic carbocycles. The van der Waals surface area contributed by atoms with Gasteiger partial charge in [-0.1, -0.05) is 76.2 Å². The second kappa shape index (κ2) is 13.8. The van der Waals surface area contributed by atoms with E-state index < -0.39 is 5.54 Å². The number of nitrogens with two attached hydrogens (primary N) is 1. The van der Waals surface area contributed by atoms with Crippen molar-refractivity contribution in [3.05, 3.63) is 35.9 Å². The van der Waals surface area contributed by atoms with Crippen LogP contribution in [0.15, 0.2) is 30.3 Å². The van der Waals surface area contributed by atoms with Crippen LogP contribution in [0.2, 0.25) is 0 Å². The van der Waals surface area contributed by atoms with Crippen molar-refractivity contribution < 1.29 is 14.9 Å². The summed E-state index contributed by atoms with van der Waals surface area (Å²) in [7, 11) is 0. The monoisotopic (exact) mass is 363 g/mol. The fourth-order valence-corrected chi connectivity index (χ4v) is 2.71. The molecule has 1 aromatic rings. The minimum atomic E-state index is -0.949. The topological polar surface area (TPSA) is 75.7 Å². The van der Waals surface area contributed by atoms with E-state index >= 15 is 0 Å². The van der Waals surface area contributed by atoms with Gasteiger partial charge in [0.2, 0.25) is 0 Å². The number of aliphatic hydroxyl groups excluding tert-OH is 2. The standard InChI is InChI=1S/C22H37NO3/c1-2-3-4-5-6-7-8-9-17-26-21-14-12-20(13-15-21)11-10-16-22(23,18-24)19-25/h10-15,24-25H,2-9,16-19,23H2,1H3. The molecule has 148 valence electrons. The molecule has 0 aliphatic carbocycles. The maximum atomic E-state index is 9.17. The van der Waals surface area contributed by atoms with Crippen molar-refractivity contribution in [1.29, 1.82) is 0 Å². The molecule has 1 rings (SSSR count). The van der Waals surface area contributed by atoms with E-state index in [0.717, 1.165) is 24.3 Å². The first-order valence-electron chi connectivity index (χ1n) is 10.0. The summed E-state index contributed by atoms with van der Waals surface area (Å²) in [5, 5.41) is 18.3. The van der Waals surface area contributed by atoms with Crippen LogP contribution in [0.1, 0.15) is 70.3 Å². The van der Waals surface area contributed by atoms with E-state index in [-0.39, 0.29) is 13.2 Å². The molecule has 0 saturated carbocycles. The number of rotatable bonds is 15. The summed E-state index contributed by atoms with van der Waals surface area (Å²) >= 11 is 0. The second-order valence-corrected chi connectivity index (χ2v) is 7.18. The minimum absolute atomic E-state index is 0.237. The van der Waals surface area contributed by atoms with Crippen LogP contribution >= 0.6 is 0 Å². The molecule has 4 N–H and O–H groups in total. The zero-order chi connectivity index (χ0) is 19.1. The van der Waals surface area contributed by atoms with Gasteiger partial charge < -0.3 is 20.7 Å². The lowest BCUT2D eigenvalue weighted by Crippen LogP contribution is -2.46. The van der Waals surface area contributed by atoms with E-state index in [1.807, 2.05) is 36.4 Å². The molecule has 0 atom stereocenters. The Morgan fingerprint density at radius 3 is 2.08 bits per heavy atom. The van der Waals surface area contributed by atoms with Gasteiger partial charge in [-0.2, -0.15) is 0 Å². The Morgan fingerprint density at radius 2 is 1.50 bits per heavy atom. The number of hydrogen-bond donors (Lipinski definition) is 3. The molecule has 4 heteroatoms. The van der Waals surface area contributed by atoms with Crippen molar-refractivity contribution in [3.63, 3.8) is 0 Å². The largest absolute Gasteiger partial charge is 0.494 e. The normalized spacial score (nSPS) is 12.0. The first-order valence-corrected chi connectivity index (χ1v) is 10.0. The highest BCUT2D eigenvalue weighted by atomic mass is 16.5. The molecule has 0 aliphatic rings. The Kier molecular flexibility index (Phi) is 12.0. The molecule has 0 unspecified atom stereocenters. The predicted octanol–water partition coefficient (Wildman–Crippen LogP) is 4.29. The molecule has 0 bridgehead atoms. The van der Waals surface area contributed by atoms with E-state index in [1.54, 1.807) is 0 Å². The first kappa shape index (κ1) is 22.7. The van der Waals surface area contributed by atoms with Gasteiger partial charge >= 0.3 is 0 Å². The van der Waals surface area contributed by atoms with Crippen LogP contribution in [-0.4, -0.2) is 35.6 Å². The van der Waals surface area contributed by atoms with Gasteiger partial charge in [0.15, 0.2) is 0 Å². The van der Waals surface area contributed by atoms with Gasteiger partial charge in [0, 0.05) is 0 Å². The summed E-state index contributed by atoms with van der Waals surface area (Å²) in [6.45, 7) is 2.55. The summed E-state index contributed by atoms with van der Waals surface area (Å²) in [4.78, 5) is 0. The third kappa shape index (κ3) is 9.95. The van der Waals surface area contributed by atoms with Crippen molar-refractivity contribution >= 4 is 6.08 Å². The second-order valence-electron chi connectivity index (χ2n) is 7.18.